The summed E-state index contributed by atoms with van der Waals surface area (Å²) < 4.78 is 39.3. The van der Waals surface area contributed by atoms with Crippen LogP contribution in [0.4, 0.5) is 8.78 Å². The van der Waals surface area contributed by atoms with Crippen LogP contribution in [-0.4, -0.2) is 70.3 Å². The van der Waals surface area contributed by atoms with Crippen molar-refractivity contribution in [1.29, 1.82) is 0 Å². The van der Waals surface area contributed by atoms with E-state index >= 15 is 0 Å². The summed E-state index contributed by atoms with van der Waals surface area (Å²) in [6, 6.07) is 10.3. The van der Waals surface area contributed by atoms with Crippen molar-refractivity contribution in [2.24, 2.45) is 0 Å². The number of methoxy groups -OCH3 is 2. The Morgan fingerprint density at radius 1 is 1.03 bits per heavy atom. The Hall–Kier alpha value is -3.96. The van der Waals surface area contributed by atoms with Crippen molar-refractivity contribution < 1.29 is 23.0 Å². The maximum absolute atomic E-state index is 13.7. The first-order valence-electron chi connectivity index (χ1n) is 11.8. The fourth-order valence-corrected chi connectivity index (χ4v) is 4.81. The number of ether oxygens (including phenoxy) is 2. The van der Waals surface area contributed by atoms with Gasteiger partial charge in [-0.1, -0.05) is 5.21 Å². The Labute approximate surface area is 210 Å². The highest BCUT2D eigenvalue weighted by Crippen LogP contribution is 2.27. The van der Waals surface area contributed by atoms with Crippen molar-refractivity contribution in [3.05, 3.63) is 76.2 Å². The van der Waals surface area contributed by atoms with Gasteiger partial charge in [0, 0.05) is 31.2 Å². The lowest BCUT2D eigenvalue weighted by Crippen LogP contribution is -2.44. The van der Waals surface area contributed by atoms with Gasteiger partial charge in [0.05, 0.1) is 48.3 Å². The average molecular weight is 510 g/mol. The Morgan fingerprint density at radius 2 is 1.68 bits per heavy atom. The molecule has 1 aliphatic heterocycles. The number of amides is 1. The lowest BCUT2D eigenvalue weighted by atomic mass is 10.1. The Kier molecular flexibility index (Phi) is 6.81. The van der Waals surface area contributed by atoms with Gasteiger partial charge in [-0.2, -0.15) is 0 Å². The van der Waals surface area contributed by atoms with E-state index in [9.17, 15) is 18.4 Å². The number of hydrogen-bond acceptors (Lipinski definition) is 6. The number of likely N-dealkylation sites (tertiary alicyclic amines) is 1. The number of benzene rings is 2. The average Bonchev–Trinajstić information content (AvgIpc) is 3.53. The van der Waals surface area contributed by atoms with Gasteiger partial charge in [-0.05, 0) is 49.2 Å². The van der Waals surface area contributed by atoms with E-state index in [2.05, 4.69) is 15.3 Å². The number of hydrogen-bond donors (Lipinski definition) is 1. The molecule has 0 spiro atoms. The smallest absolute Gasteiger partial charge is 0.258 e. The van der Waals surface area contributed by atoms with Crippen LogP contribution in [0.15, 0.2) is 53.5 Å². The number of carbonyl (C=O) groups excluding carboxylic acids is 1. The topological polar surface area (TPSA) is 102 Å². The summed E-state index contributed by atoms with van der Waals surface area (Å²) in [5.74, 6) is -2.16. The molecule has 9 nitrogen and oxygen atoms in total. The van der Waals surface area contributed by atoms with Crippen LogP contribution in [0, 0.1) is 11.6 Å². The summed E-state index contributed by atoms with van der Waals surface area (Å²) in [5, 5.41) is 8.49. The first-order chi connectivity index (χ1) is 17.9. The van der Waals surface area contributed by atoms with E-state index in [-0.39, 0.29) is 34.8 Å². The summed E-state index contributed by atoms with van der Waals surface area (Å²) in [6.45, 7) is 0.919. The zero-order valence-electron chi connectivity index (χ0n) is 20.3. The highest BCUT2D eigenvalue weighted by atomic mass is 19.2. The second-order valence-corrected chi connectivity index (χ2v) is 8.97. The normalized spacial score (nSPS) is 17.6. The standard InChI is InChI=1S/C26H25F2N5O4/c1-36-13-18-7-8-19(14-37-2)33(18)26(35)15-3-5-17(6-4-15)32-12-24(30-31-32)20-9-16-10-21(27)22(28)11-23(16)29-25(20)34/h3-6,9-12,18-19H,7-8,13-14H2,1-2H3,(H,29,34)/t18-,19-/m0/s1. The molecule has 0 unspecified atom stereocenters. The predicted octanol–water partition coefficient (Wildman–Crippen LogP) is 3.32. The lowest BCUT2D eigenvalue weighted by molar-refractivity contribution is 0.0420. The molecule has 0 aliphatic carbocycles. The van der Waals surface area contributed by atoms with Crippen LogP contribution in [0.25, 0.3) is 27.8 Å². The maximum atomic E-state index is 13.7. The molecular formula is C26H25F2N5O4. The van der Waals surface area contributed by atoms with Gasteiger partial charge in [-0.25, -0.2) is 13.5 Å². The minimum absolute atomic E-state index is 0.0137. The number of halogens is 2. The molecule has 1 fully saturated rings. The molecule has 1 amide bonds. The number of fused-ring (bicyclic) bond motifs is 1. The van der Waals surface area contributed by atoms with E-state index in [1.54, 1.807) is 44.7 Å². The Morgan fingerprint density at radius 3 is 2.32 bits per heavy atom. The second kappa shape index (κ2) is 10.2. The minimum atomic E-state index is -1.04. The van der Waals surface area contributed by atoms with Crippen molar-refractivity contribution in [3.63, 3.8) is 0 Å². The largest absolute Gasteiger partial charge is 0.383 e. The third-order valence-electron chi connectivity index (χ3n) is 6.61. The molecule has 1 aliphatic rings. The fourth-order valence-electron chi connectivity index (χ4n) is 4.81. The van der Waals surface area contributed by atoms with Crippen LogP contribution in [-0.2, 0) is 9.47 Å². The SMILES string of the molecule is COC[C@@H]1CC[C@@H](COC)N1C(=O)c1ccc(-n2cc(-c3cc4cc(F)c(F)cc4[nH]c3=O)nn2)cc1. The van der Waals surface area contributed by atoms with E-state index < -0.39 is 17.2 Å². The van der Waals surface area contributed by atoms with Crippen LogP contribution in [0.1, 0.15) is 23.2 Å². The van der Waals surface area contributed by atoms with Crippen LogP contribution in [0.5, 0.6) is 0 Å². The molecule has 2 atom stereocenters. The van der Waals surface area contributed by atoms with Crippen LogP contribution in [0.2, 0.25) is 0 Å². The number of carbonyl (C=O) groups is 1. The van der Waals surface area contributed by atoms with E-state index in [1.165, 1.54) is 10.7 Å². The van der Waals surface area contributed by atoms with Crippen molar-refractivity contribution in [2.45, 2.75) is 24.9 Å². The van der Waals surface area contributed by atoms with Gasteiger partial charge in [0.2, 0.25) is 0 Å². The van der Waals surface area contributed by atoms with Crippen molar-refractivity contribution in [2.75, 3.05) is 27.4 Å². The van der Waals surface area contributed by atoms with E-state index in [0.717, 1.165) is 25.0 Å². The monoisotopic (exact) mass is 509 g/mol. The first-order valence-corrected chi connectivity index (χ1v) is 11.8. The number of nitrogens with one attached hydrogen (secondary N) is 1. The first kappa shape index (κ1) is 24.7. The summed E-state index contributed by atoms with van der Waals surface area (Å²) >= 11 is 0. The molecule has 0 radical (unpaired) electrons. The summed E-state index contributed by atoms with van der Waals surface area (Å²) in [7, 11) is 3.24. The molecule has 4 aromatic rings. The molecular weight excluding hydrogens is 484 g/mol. The molecule has 1 saturated heterocycles. The number of aromatic amines is 1. The van der Waals surface area contributed by atoms with Crippen LogP contribution >= 0.6 is 0 Å². The summed E-state index contributed by atoms with van der Waals surface area (Å²) in [6.07, 6.45) is 3.25. The lowest BCUT2D eigenvalue weighted by Gasteiger charge is -2.30. The van der Waals surface area contributed by atoms with Gasteiger partial charge >= 0.3 is 0 Å². The maximum Gasteiger partial charge on any atom is 0.258 e. The van der Waals surface area contributed by atoms with Crippen LogP contribution in [0.3, 0.4) is 0 Å². The number of aromatic nitrogens is 4. The number of H-pyrrole nitrogens is 1. The molecule has 1 N–H and O–H groups in total. The van der Waals surface area contributed by atoms with E-state index in [0.29, 0.717) is 29.9 Å². The molecule has 37 heavy (non-hydrogen) atoms. The number of rotatable bonds is 7. The van der Waals surface area contributed by atoms with Gasteiger partial charge in [0.25, 0.3) is 11.5 Å². The van der Waals surface area contributed by atoms with Crippen molar-refractivity contribution >= 4 is 16.8 Å². The van der Waals surface area contributed by atoms with Gasteiger partial charge in [-0.15, -0.1) is 5.10 Å². The summed E-state index contributed by atoms with van der Waals surface area (Å²) in [4.78, 5) is 30.3. The van der Waals surface area contributed by atoms with Gasteiger partial charge in [0.15, 0.2) is 11.6 Å². The van der Waals surface area contributed by atoms with Gasteiger partial charge in [0.1, 0.15) is 5.69 Å². The Bertz CT molecular complexity index is 1490. The molecule has 2 aromatic heterocycles. The molecule has 0 saturated carbocycles. The van der Waals surface area contributed by atoms with Crippen molar-refractivity contribution in [1.82, 2.24) is 24.9 Å². The fraction of sp³-hybridized carbons (Fsp3) is 0.308. The van der Waals surface area contributed by atoms with Gasteiger partial charge < -0.3 is 19.4 Å². The molecule has 3 heterocycles. The van der Waals surface area contributed by atoms with Crippen LogP contribution < -0.4 is 5.56 Å². The number of pyridine rings is 1. The van der Waals surface area contributed by atoms with Crippen molar-refractivity contribution in [3.8, 4) is 16.9 Å². The third-order valence-corrected chi connectivity index (χ3v) is 6.61. The quantitative estimate of drug-likeness (QED) is 0.410. The second-order valence-electron chi connectivity index (χ2n) is 8.97. The number of nitrogens with zero attached hydrogens (tertiary/aromatic N) is 4. The highest BCUT2D eigenvalue weighted by Gasteiger charge is 2.37. The molecule has 0 bridgehead atoms. The van der Waals surface area contributed by atoms with Gasteiger partial charge in [-0.3, -0.25) is 9.59 Å². The molecule has 5 rings (SSSR count). The predicted molar refractivity (Wildman–Crippen MR) is 132 cm³/mol. The van der Waals surface area contributed by atoms with E-state index in [4.69, 9.17) is 9.47 Å². The Balaban J connectivity index is 1.39. The zero-order chi connectivity index (χ0) is 26.1. The highest BCUT2D eigenvalue weighted by molar-refractivity contribution is 5.95. The molecule has 11 heteroatoms. The molecule has 192 valence electrons. The zero-order valence-corrected chi connectivity index (χ0v) is 20.3. The molecule has 2 aromatic carbocycles. The third kappa shape index (κ3) is 4.75. The van der Waals surface area contributed by atoms with E-state index in [1.807, 2.05) is 4.90 Å². The summed E-state index contributed by atoms with van der Waals surface area (Å²) in [5.41, 5.74) is 1.25. The minimum Gasteiger partial charge on any atom is -0.383 e.